The summed E-state index contributed by atoms with van der Waals surface area (Å²) in [7, 11) is 0. The number of hydrogen-bond donors (Lipinski definition) is 0. The molecule has 1 rings (SSSR count). The fourth-order valence-corrected chi connectivity index (χ4v) is 2.91. The lowest BCUT2D eigenvalue weighted by atomic mass is 9.68. The first-order chi connectivity index (χ1) is 6.06. The first kappa shape index (κ1) is 11.1. The Morgan fingerprint density at radius 3 is 2.62 bits per heavy atom. The molecule has 1 fully saturated rings. The summed E-state index contributed by atoms with van der Waals surface area (Å²) in [6, 6.07) is 0. The lowest BCUT2D eigenvalue weighted by molar-refractivity contribution is 0.139. The molecule has 0 saturated heterocycles. The molecule has 0 aromatic heterocycles. The summed E-state index contributed by atoms with van der Waals surface area (Å²) in [6.07, 6.45) is 8.76. The molecule has 0 spiro atoms. The predicted octanol–water partition coefficient (Wildman–Crippen LogP) is 4.64. The molecule has 2 atom stereocenters. The van der Waals surface area contributed by atoms with Gasteiger partial charge in [0.05, 0.1) is 0 Å². The summed E-state index contributed by atoms with van der Waals surface area (Å²) in [4.78, 5) is 0. The van der Waals surface area contributed by atoms with E-state index in [9.17, 15) is 0 Å². The molecule has 0 nitrogen and oxygen atoms in total. The minimum atomic E-state index is 0.678. The second kappa shape index (κ2) is 4.48. The highest BCUT2D eigenvalue weighted by Crippen LogP contribution is 2.43. The van der Waals surface area contributed by atoms with Gasteiger partial charge in [0.15, 0.2) is 0 Å². The quantitative estimate of drug-likeness (QED) is 0.596. The van der Waals surface area contributed by atoms with E-state index in [1.54, 1.807) is 0 Å². The first-order valence-corrected chi connectivity index (χ1v) is 6.06. The maximum absolute atomic E-state index is 2.49. The van der Waals surface area contributed by atoms with Gasteiger partial charge in [-0.2, -0.15) is 0 Å². The van der Waals surface area contributed by atoms with Gasteiger partial charge in [0.1, 0.15) is 0 Å². The van der Waals surface area contributed by atoms with E-state index in [-0.39, 0.29) is 0 Å². The summed E-state index contributed by atoms with van der Waals surface area (Å²) in [5, 5.41) is 0. The Bertz CT molecular complexity index is 148. The maximum Gasteiger partial charge on any atom is -0.0326 e. The third kappa shape index (κ3) is 3.32. The first-order valence-electron chi connectivity index (χ1n) is 6.06. The standard InChI is InChI=1S/C13H26/c1-5-13(4)8-6-7-12(10-13)9-11(2)3/h11-12H,5-10H2,1-4H3. The van der Waals surface area contributed by atoms with E-state index in [2.05, 4.69) is 27.7 Å². The molecule has 0 heterocycles. The Morgan fingerprint density at radius 1 is 1.38 bits per heavy atom. The van der Waals surface area contributed by atoms with Crippen LogP contribution in [0.15, 0.2) is 0 Å². The molecule has 0 N–H and O–H groups in total. The van der Waals surface area contributed by atoms with Crippen LogP contribution in [-0.2, 0) is 0 Å². The largest absolute Gasteiger partial charge is 0.0649 e. The predicted molar refractivity (Wildman–Crippen MR) is 59.8 cm³/mol. The van der Waals surface area contributed by atoms with Gasteiger partial charge in [-0.15, -0.1) is 0 Å². The van der Waals surface area contributed by atoms with Crippen molar-refractivity contribution in [1.82, 2.24) is 0 Å². The zero-order valence-electron chi connectivity index (χ0n) is 9.90. The van der Waals surface area contributed by atoms with E-state index in [1.807, 2.05) is 0 Å². The highest BCUT2D eigenvalue weighted by Gasteiger charge is 2.30. The van der Waals surface area contributed by atoms with Gasteiger partial charge in [0.2, 0.25) is 0 Å². The smallest absolute Gasteiger partial charge is 0.0326 e. The third-order valence-electron chi connectivity index (χ3n) is 3.83. The van der Waals surface area contributed by atoms with E-state index < -0.39 is 0 Å². The van der Waals surface area contributed by atoms with E-state index in [1.165, 1.54) is 38.5 Å². The van der Waals surface area contributed by atoms with Crippen molar-refractivity contribution in [3.8, 4) is 0 Å². The van der Waals surface area contributed by atoms with Crippen molar-refractivity contribution in [1.29, 1.82) is 0 Å². The molecule has 1 saturated carbocycles. The van der Waals surface area contributed by atoms with Crippen LogP contribution >= 0.6 is 0 Å². The van der Waals surface area contributed by atoms with Crippen LogP contribution in [0.3, 0.4) is 0 Å². The van der Waals surface area contributed by atoms with Crippen LogP contribution in [-0.4, -0.2) is 0 Å². The van der Waals surface area contributed by atoms with Crippen molar-refractivity contribution in [2.45, 2.75) is 66.2 Å². The van der Waals surface area contributed by atoms with Crippen LogP contribution in [0.4, 0.5) is 0 Å². The molecule has 2 unspecified atom stereocenters. The van der Waals surface area contributed by atoms with Crippen molar-refractivity contribution in [3.05, 3.63) is 0 Å². The molecule has 13 heavy (non-hydrogen) atoms. The van der Waals surface area contributed by atoms with Gasteiger partial charge in [0.25, 0.3) is 0 Å². The topological polar surface area (TPSA) is 0 Å². The van der Waals surface area contributed by atoms with Crippen molar-refractivity contribution >= 4 is 0 Å². The summed E-state index contributed by atoms with van der Waals surface area (Å²) in [6.45, 7) is 9.56. The van der Waals surface area contributed by atoms with Gasteiger partial charge >= 0.3 is 0 Å². The molecule has 0 amide bonds. The Kier molecular flexibility index (Phi) is 3.82. The molecule has 0 aromatic rings. The van der Waals surface area contributed by atoms with Gasteiger partial charge in [0, 0.05) is 0 Å². The average Bonchev–Trinajstić information content (AvgIpc) is 2.03. The lowest BCUT2D eigenvalue weighted by Gasteiger charge is -2.38. The summed E-state index contributed by atoms with van der Waals surface area (Å²) < 4.78 is 0. The fourth-order valence-electron chi connectivity index (χ4n) is 2.91. The molecule has 0 bridgehead atoms. The summed E-state index contributed by atoms with van der Waals surface area (Å²) >= 11 is 0. The Morgan fingerprint density at radius 2 is 2.08 bits per heavy atom. The van der Waals surface area contributed by atoms with Crippen molar-refractivity contribution < 1.29 is 0 Å². The molecule has 1 aliphatic carbocycles. The van der Waals surface area contributed by atoms with Gasteiger partial charge in [-0.05, 0) is 36.5 Å². The normalized spacial score (nSPS) is 35.3. The monoisotopic (exact) mass is 182 g/mol. The van der Waals surface area contributed by atoms with Crippen LogP contribution in [0.1, 0.15) is 66.2 Å². The second-order valence-corrected chi connectivity index (χ2v) is 5.76. The van der Waals surface area contributed by atoms with E-state index in [0.717, 1.165) is 11.8 Å². The Balaban J connectivity index is 2.42. The van der Waals surface area contributed by atoms with Gasteiger partial charge in [-0.25, -0.2) is 0 Å². The zero-order valence-corrected chi connectivity index (χ0v) is 9.90. The lowest BCUT2D eigenvalue weighted by Crippen LogP contribution is -2.25. The van der Waals surface area contributed by atoms with Crippen LogP contribution in [0, 0.1) is 17.3 Å². The van der Waals surface area contributed by atoms with Crippen molar-refractivity contribution in [2.75, 3.05) is 0 Å². The highest BCUT2D eigenvalue weighted by molar-refractivity contribution is 4.82. The molecular formula is C13H26. The molecule has 0 radical (unpaired) electrons. The van der Waals surface area contributed by atoms with E-state index in [4.69, 9.17) is 0 Å². The number of hydrogen-bond acceptors (Lipinski definition) is 0. The minimum Gasteiger partial charge on any atom is -0.0649 e. The average molecular weight is 182 g/mol. The van der Waals surface area contributed by atoms with Gasteiger partial charge in [-0.3, -0.25) is 0 Å². The second-order valence-electron chi connectivity index (χ2n) is 5.76. The molecule has 1 aliphatic rings. The summed E-state index contributed by atoms with van der Waals surface area (Å²) in [5.74, 6) is 1.92. The molecule has 0 aromatic carbocycles. The Hall–Kier alpha value is 0. The summed E-state index contributed by atoms with van der Waals surface area (Å²) in [5.41, 5.74) is 0.678. The highest BCUT2D eigenvalue weighted by atomic mass is 14.4. The van der Waals surface area contributed by atoms with Gasteiger partial charge < -0.3 is 0 Å². The fraction of sp³-hybridized carbons (Fsp3) is 1.00. The van der Waals surface area contributed by atoms with Crippen LogP contribution < -0.4 is 0 Å². The van der Waals surface area contributed by atoms with Crippen LogP contribution in [0.5, 0.6) is 0 Å². The minimum absolute atomic E-state index is 0.678. The van der Waals surface area contributed by atoms with Crippen LogP contribution in [0.25, 0.3) is 0 Å². The maximum atomic E-state index is 2.49. The third-order valence-corrected chi connectivity index (χ3v) is 3.83. The Labute approximate surface area is 84.1 Å². The molecule has 78 valence electrons. The van der Waals surface area contributed by atoms with E-state index in [0.29, 0.717) is 5.41 Å². The van der Waals surface area contributed by atoms with Crippen molar-refractivity contribution in [3.63, 3.8) is 0 Å². The zero-order chi connectivity index (χ0) is 9.90. The van der Waals surface area contributed by atoms with Crippen molar-refractivity contribution in [2.24, 2.45) is 17.3 Å². The molecule has 0 heteroatoms. The number of rotatable bonds is 3. The van der Waals surface area contributed by atoms with Gasteiger partial charge in [-0.1, -0.05) is 47.0 Å². The van der Waals surface area contributed by atoms with Crippen LogP contribution in [0.2, 0.25) is 0 Å². The molecule has 0 aliphatic heterocycles. The van der Waals surface area contributed by atoms with E-state index >= 15 is 0 Å². The SMILES string of the molecule is CCC1(C)CCCC(CC(C)C)C1. The molecular weight excluding hydrogens is 156 g/mol.